The lowest BCUT2D eigenvalue weighted by molar-refractivity contribution is 0.00578. The first-order valence-electron chi connectivity index (χ1n) is 9.49. The van der Waals surface area contributed by atoms with Gasteiger partial charge < -0.3 is 14.0 Å². The van der Waals surface area contributed by atoms with Gasteiger partial charge in [0.05, 0.1) is 11.2 Å². The molecule has 0 N–H and O–H groups in total. The van der Waals surface area contributed by atoms with Gasteiger partial charge in [0.25, 0.3) is 0 Å². The fraction of sp³-hybridized carbons (Fsp3) is 0.476. The average Bonchev–Trinajstić information content (AvgIpc) is 3.12. The van der Waals surface area contributed by atoms with Crippen LogP contribution >= 0.6 is 22.9 Å². The van der Waals surface area contributed by atoms with Gasteiger partial charge in [-0.05, 0) is 46.8 Å². The molecule has 1 aliphatic rings. The second-order valence-electron chi connectivity index (χ2n) is 7.99. The predicted octanol–water partition coefficient (Wildman–Crippen LogP) is 5.43. The highest BCUT2D eigenvalue weighted by Gasteiger charge is 2.52. The number of rotatable bonds is 6. The number of Topliss-reactive ketones (excluding diaryl/α,β-unsaturated/α-hetero) is 1. The van der Waals surface area contributed by atoms with E-state index in [9.17, 15) is 4.79 Å². The number of halogens is 1. The van der Waals surface area contributed by atoms with E-state index in [0.29, 0.717) is 22.1 Å². The van der Waals surface area contributed by atoms with Crippen LogP contribution in [0.2, 0.25) is 5.02 Å². The fourth-order valence-electron chi connectivity index (χ4n) is 2.97. The Bertz CT molecular complexity index is 861. The third-order valence-corrected chi connectivity index (χ3v) is 6.95. The van der Waals surface area contributed by atoms with Crippen molar-refractivity contribution in [3.8, 4) is 5.75 Å². The van der Waals surface area contributed by atoms with Crippen LogP contribution in [0.25, 0.3) is 0 Å². The first-order chi connectivity index (χ1) is 13.1. The molecule has 2 aromatic rings. The van der Waals surface area contributed by atoms with E-state index < -0.39 is 18.3 Å². The number of thiophene rings is 1. The molecule has 150 valence electrons. The number of carbonyl (C=O) groups is 1. The molecule has 1 aromatic heterocycles. The predicted molar refractivity (Wildman–Crippen MR) is 115 cm³/mol. The van der Waals surface area contributed by atoms with Crippen LogP contribution in [0.5, 0.6) is 5.75 Å². The van der Waals surface area contributed by atoms with Crippen LogP contribution in [0.3, 0.4) is 0 Å². The summed E-state index contributed by atoms with van der Waals surface area (Å²) in [5, 5.41) is 0.639. The van der Waals surface area contributed by atoms with Gasteiger partial charge >= 0.3 is 7.12 Å². The van der Waals surface area contributed by atoms with Crippen LogP contribution in [0.4, 0.5) is 0 Å². The van der Waals surface area contributed by atoms with Crippen LogP contribution in [-0.4, -0.2) is 24.1 Å². The molecule has 1 fully saturated rings. The Balaban J connectivity index is 1.91. The van der Waals surface area contributed by atoms with E-state index in [4.69, 9.17) is 25.6 Å². The highest BCUT2D eigenvalue weighted by atomic mass is 35.5. The Kier molecular flexibility index (Phi) is 5.97. The molecule has 28 heavy (non-hydrogen) atoms. The minimum absolute atomic E-state index is 0.0362. The smallest absolute Gasteiger partial charge is 0.484 e. The van der Waals surface area contributed by atoms with Crippen molar-refractivity contribution < 1.29 is 18.8 Å². The Morgan fingerprint density at radius 3 is 2.39 bits per heavy atom. The van der Waals surface area contributed by atoms with Gasteiger partial charge in [-0.15, -0.1) is 11.3 Å². The van der Waals surface area contributed by atoms with E-state index in [1.54, 1.807) is 0 Å². The van der Waals surface area contributed by atoms with Crippen molar-refractivity contribution in [2.45, 2.75) is 65.3 Å². The van der Waals surface area contributed by atoms with Gasteiger partial charge in [-0.1, -0.05) is 36.7 Å². The van der Waals surface area contributed by atoms with E-state index in [2.05, 4.69) is 0 Å². The Morgan fingerprint density at radius 2 is 1.82 bits per heavy atom. The normalized spacial score (nSPS) is 18.9. The van der Waals surface area contributed by atoms with Gasteiger partial charge in [-0.25, -0.2) is 0 Å². The fourth-order valence-corrected chi connectivity index (χ4v) is 4.32. The molecular formula is C21H26BClO4S. The van der Waals surface area contributed by atoms with Crippen molar-refractivity contribution in [3.05, 3.63) is 45.8 Å². The topological polar surface area (TPSA) is 44.8 Å². The molecule has 2 heterocycles. The van der Waals surface area contributed by atoms with Crippen LogP contribution in [0.15, 0.2) is 30.3 Å². The standard InChI is InChI=1S/C21H26BClO4S/c1-7-16(24)19-17(25-13(2)14-10-8-9-11-15(14)23)12-18(28-19)22-26-20(3,4)21(5,6)27-22/h8-13H,7H2,1-6H3. The van der Waals surface area contributed by atoms with Crippen molar-refractivity contribution in [1.29, 1.82) is 0 Å². The molecule has 0 bridgehead atoms. The molecule has 1 aromatic carbocycles. The number of hydrogen-bond acceptors (Lipinski definition) is 5. The highest BCUT2D eigenvalue weighted by molar-refractivity contribution is 7.24. The Labute approximate surface area is 176 Å². The lowest BCUT2D eigenvalue weighted by Crippen LogP contribution is -2.41. The molecular weight excluding hydrogens is 395 g/mol. The molecule has 0 aliphatic carbocycles. The van der Waals surface area contributed by atoms with Crippen LogP contribution in [0.1, 0.15) is 69.3 Å². The highest BCUT2D eigenvalue weighted by Crippen LogP contribution is 2.39. The third kappa shape index (κ3) is 4.01. The molecule has 1 atom stereocenters. The number of benzene rings is 1. The van der Waals surface area contributed by atoms with Crippen molar-refractivity contribution >= 4 is 40.6 Å². The lowest BCUT2D eigenvalue weighted by Gasteiger charge is -2.32. The quantitative estimate of drug-likeness (QED) is 0.461. The largest absolute Gasteiger partial charge is 0.505 e. The van der Waals surface area contributed by atoms with Gasteiger partial charge in [0.15, 0.2) is 5.78 Å². The van der Waals surface area contributed by atoms with Gasteiger partial charge in [0, 0.05) is 21.8 Å². The summed E-state index contributed by atoms with van der Waals surface area (Å²) < 4.78 is 19.3. The number of ketones is 1. The van der Waals surface area contributed by atoms with Crippen molar-refractivity contribution in [1.82, 2.24) is 0 Å². The van der Waals surface area contributed by atoms with E-state index in [1.807, 2.05) is 71.9 Å². The molecule has 0 amide bonds. The first kappa shape index (κ1) is 21.4. The maximum atomic E-state index is 12.5. The number of ether oxygens (including phenoxy) is 1. The van der Waals surface area contributed by atoms with E-state index >= 15 is 0 Å². The summed E-state index contributed by atoms with van der Waals surface area (Å²) in [4.78, 5) is 13.1. The molecule has 4 nitrogen and oxygen atoms in total. The summed E-state index contributed by atoms with van der Waals surface area (Å²) in [6, 6.07) is 9.42. The average molecular weight is 421 g/mol. The van der Waals surface area contributed by atoms with Gasteiger partial charge in [-0.2, -0.15) is 0 Å². The van der Waals surface area contributed by atoms with E-state index in [1.165, 1.54) is 11.3 Å². The van der Waals surface area contributed by atoms with Crippen LogP contribution in [0, 0.1) is 0 Å². The van der Waals surface area contributed by atoms with Gasteiger partial charge in [-0.3, -0.25) is 4.79 Å². The summed E-state index contributed by atoms with van der Waals surface area (Å²) in [6.07, 6.45) is 0.109. The second kappa shape index (κ2) is 7.83. The summed E-state index contributed by atoms with van der Waals surface area (Å²) in [6.45, 7) is 11.8. The van der Waals surface area contributed by atoms with Crippen molar-refractivity contribution in [2.75, 3.05) is 0 Å². The Morgan fingerprint density at radius 1 is 1.21 bits per heavy atom. The molecule has 1 unspecified atom stereocenters. The molecule has 0 saturated carbocycles. The molecule has 1 saturated heterocycles. The first-order valence-corrected chi connectivity index (χ1v) is 10.7. The minimum Gasteiger partial charge on any atom is -0.484 e. The second-order valence-corrected chi connectivity index (χ2v) is 9.48. The third-order valence-electron chi connectivity index (χ3n) is 5.42. The maximum Gasteiger partial charge on any atom is 0.505 e. The maximum absolute atomic E-state index is 12.5. The zero-order chi connectivity index (χ0) is 20.7. The van der Waals surface area contributed by atoms with Gasteiger partial charge in [0.2, 0.25) is 0 Å². The zero-order valence-electron chi connectivity index (χ0n) is 17.2. The molecule has 3 rings (SSSR count). The summed E-state index contributed by atoms with van der Waals surface area (Å²) in [5.74, 6) is 0.586. The lowest BCUT2D eigenvalue weighted by atomic mass is 9.88. The molecule has 7 heteroatoms. The summed E-state index contributed by atoms with van der Waals surface area (Å²) >= 11 is 7.68. The molecule has 1 aliphatic heterocycles. The van der Waals surface area contributed by atoms with Crippen LogP contribution in [-0.2, 0) is 9.31 Å². The summed E-state index contributed by atoms with van der Waals surface area (Å²) in [7, 11) is -0.522. The molecule has 0 spiro atoms. The molecule has 0 radical (unpaired) electrons. The van der Waals surface area contributed by atoms with Gasteiger partial charge in [0.1, 0.15) is 16.7 Å². The van der Waals surface area contributed by atoms with Crippen LogP contribution < -0.4 is 9.51 Å². The van der Waals surface area contributed by atoms with Crippen molar-refractivity contribution in [2.24, 2.45) is 0 Å². The number of carbonyl (C=O) groups excluding carboxylic acids is 1. The SMILES string of the molecule is CCC(=O)c1sc(B2OC(C)(C)C(C)(C)O2)cc1OC(C)c1ccccc1Cl. The minimum atomic E-state index is -0.522. The van der Waals surface area contributed by atoms with Crippen molar-refractivity contribution in [3.63, 3.8) is 0 Å². The van der Waals surface area contributed by atoms with E-state index in [-0.39, 0.29) is 11.9 Å². The zero-order valence-corrected chi connectivity index (χ0v) is 18.7. The monoisotopic (exact) mass is 420 g/mol. The number of hydrogen-bond donors (Lipinski definition) is 0. The van der Waals surface area contributed by atoms with E-state index in [0.717, 1.165) is 10.3 Å². The Hall–Kier alpha value is -1.34. The summed E-state index contributed by atoms with van der Waals surface area (Å²) in [5.41, 5.74) is -0.00674.